The zero-order valence-electron chi connectivity index (χ0n) is 24.8. The van der Waals surface area contributed by atoms with Gasteiger partial charge in [-0.15, -0.1) is 0 Å². The summed E-state index contributed by atoms with van der Waals surface area (Å²) in [4.78, 5) is 57.7. The van der Waals surface area contributed by atoms with Gasteiger partial charge in [-0.3, -0.25) is 9.59 Å². The van der Waals surface area contributed by atoms with Gasteiger partial charge in [-0.05, 0) is 25.0 Å². The van der Waals surface area contributed by atoms with E-state index in [0.717, 1.165) is 11.1 Å². The lowest BCUT2D eigenvalue weighted by Gasteiger charge is -2.11. The third-order valence-corrected chi connectivity index (χ3v) is 7.21. The summed E-state index contributed by atoms with van der Waals surface area (Å²) in [7, 11) is 0. The molecule has 0 atom stereocenters. The molecule has 46 heavy (non-hydrogen) atoms. The molecule has 0 bridgehead atoms. The molecule has 6 aromatic rings. The highest BCUT2D eigenvalue weighted by molar-refractivity contribution is 6.30. The number of halogens is 2. The third-order valence-electron chi connectivity index (χ3n) is 6.80. The Bertz CT molecular complexity index is 1980. The van der Waals surface area contributed by atoms with E-state index < -0.39 is 12.2 Å². The number of benzene rings is 2. The van der Waals surface area contributed by atoms with Gasteiger partial charge in [0.1, 0.15) is 10.3 Å². The smallest absolute Gasteiger partial charge is 0.433 e. The summed E-state index contributed by atoms with van der Waals surface area (Å²) in [5.41, 5.74) is 1.90. The van der Waals surface area contributed by atoms with Crippen LogP contribution in [-0.2, 0) is 22.6 Å². The second-order valence-electron chi connectivity index (χ2n) is 9.77. The number of nitrogens with zero attached hydrogens (tertiary/aromatic N) is 6. The standard InChI is InChI=1S/2C16H14ClN3O3/c2*1-2-23-16(22)20-13-8-14(17)18-9-12(13)15(21)19(20)10-11-6-4-3-5-7-11/h2*3-9H,2,10H2,1H3. The van der Waals surface area contributed by atoms with Crippen molar-refractivity contribution in [2.75, 3.05) is 13.2 Å². The van der Waals surface area contributed by atoms with E-state index in [4.69, 9.17) is 32.7 Å². The molecule has 4 heterocycles. The number of carbonyl (C=O) groups is 2. The number of rotatable bonds is 6. The number of carbonyl (C=O) groups excluding carboxylic acids is 2. The lowest BCUT2D eigenvalue weighted by molar-refractivity contribution is 0.146. The Morgan fingerprint density at radius 3 is 1.37 bits per heavy atom. The molecule has 0 amide bonds. The molecule has 0 N–H and O–H groups in total. The van der Waals surface area contributed by atoms with E-state index in [1.807, 2.05) is 60.7 Å². The number of hydrogen-bond donors (Lipinski definition) is 0. The molecule has 2 aromatic carbocycles. The summed E-state index contributed by atoms with van der Waals surface area (Å²) in [5, 5.41) is 1.04. The Morgan fingerprint density at radius 2 is 1.02 bits per heavy atom. The summed E-state index contributed by atoms with van der Waals surface area (Å²) in [5.74, 6) is 0. The first kappa shape index (κ1) is 32.2. The molecule has 236 valence electrons. The van der Waals surface area contributed by atoms with Gasteiger partial charge in [0, 0.05) is 24.5 Å². The van der Waals surface area contributed by atoms with Crippen LogP contribution < -0.4 is 11.1 Å². The second-order valence-corrected chi connectivity index (χ2v) is 10.5. The van der Waals surface area contributed by atoms with Gasteiger partial charge in [-0.25, -0.2) is 28.9 Å². The topological polar surface area (TPSA) is 132 Å². The zero-order chi connectivity index (χ0) is 32.8. The average Bonchev–Trinajstić information content (AvgIpc) is 3.47. The molecule has 0 aliphatic heterocycles. The number of hydrogen-bond acceptors (Lipinski definition) is 8. The quantitative estimate of drug-likeness (QED) is 0.204. The van der Waals surface area contributed by atoms with Crippen molar-refractivity contribution in [3.8, 4) is 0 Å². The first-order valence-electron chi connectivity index (χ1n) is 14.2. The van der Waals surface area contributed by atoms with Crippen molar-refractivity contribution in [2.45, 2.75) is 26.9 Å². The fourth-order valence-corrected chi connectivity index (χ4v) is 5.11. The monoisotopic (exact) mass is 662 g/mol. The number of pyridine rings is 2. The third kappa shape index (κ3) is 6.72. The number of aromatic nitrogens is 6. The molecule has 0 unspecified atom stereocenters. The molecule has 0 radical (unpaired) electrons. The Kier molecular flexibility index (Phi) is 9.99. The molecule has 6 rings (SSSR count). The zero-order valence-corrected chi connectivity index (χ0v) is 26.3. The minimum Gasteiger partial charge on any atom is -0.448 e. The van der Waals surface area contributed by atoms with Crippen molar-refractivity contribution < 1.29 is 19.1 Å². The van der Waals surface area contributed by atoms with Crippen LogP contribution in [0.5, 0.6) is 0 Å². The molecule has 0 spiro atoms. The maximum Gasteiger partial charge on any atom is 0.433 e. The highest BCUT2D eigenvalue weighted by Crippen LogP contribution is 2.18. The van der Waals surface area contributed by atoms with Crippen LogP contribution in [0.15, 0.2) is 94.8 Å². The summed E-state index contributed by atoms with van der Waals surface area (Å²) < 4.78 is 15.2. The van der Waals surface area contributed by atoms with Gasteiger partial charge in [0.05, 0.1) is 48.1 Å². The SMILES string of the molecule is CCOC(=O)n1c2cc(Cl)ncc2c(=O)n1Cc1ccccc1.CCOC(=O)n1c2cc(Cl)ncc2c(=O)n1Cc1ccccc1. The van der Waals surface area contributed by atoms with E-state index >= 15 is 0 Å². The molecule has 12 nitrogen and oxygen atoms in total. The summed E-state index contributed by atoms with van der Waals surface area (Å²) >= 11 is 11.8. The Labute approximate surface area is 271 Å². The van der Waals surface area contributed by atoms with E-state index in [2.05, 4.69) is 9.97 Å². The van der Waals surface area contributed by atoms with Crippen molar-refractivity contribution >= 4 is 57.2 Å². The normalized spacial score (nSPS) is 10.9. The van der Waals surface area contributed by atoms with Crippen LogP contribution in [-0.4, -0.2) is 54.1 Å². The molecule has 0 saturated carbocycles. The van der Waals surface area contributed by atoms with E-state index in [0.29, 0.717) is 21.8 Å². The molecular formula is C32H28Cl2N6O6. The first-order chi connectivity index (χ1) is 22.2. The molecule has 0 fully saturated rings. The predicted octanol–water partition coefficient (Wildman–Crippen LogP) is 5.81. The second kappa shape index (κ2) is 14.3. The fourth-order valence-electron chi connectivity index (χ4n) is 4.80. The van der Waals surface area contributed by atoms with Crippen LogP contribution in [0, 0.1) is 0 Å². The van der Waals surface area contributed by atoms with Crippen LogP contribution in [0.4, 0.5) is 9.59 Å². The Balaban J connectivity index is 0.000000181. The van der Waals surface area contributed by atoms with Crippen LogP contribution in [0.2, 0.25) is 10.3 Å². The molecule has 0 aliphatic carbocycles. The predicted molar refractivity (Wildman–Crippen MR) is 174 cm³/mol. The summed E-state index contributed by atoms with van der Waals surface area (Å²) in [6.07, 6.45) is 1.49. The minimum absolute atomic E-state index is 0.201. The number of ether oxygens (including phenoxy) is 2. The summed E-state index contributed by atoms with van der Waals surface area (Å²) in [6, 6.07) is 21.7. The van der Waals surface area contributed by atoms with Gasteiger partial charge in [0.15, 0.2) is 0 Å². The maximum absolute atomic E-state index is 12.6. The van der Waals surface area contributed by atoms with E-state index in [1.54, 1.807) is 13.8 Å². The van der Waals surface area contributed by atoms with Crippen LogP contribution in [0.3, 0.4) is 0 Å². The van der Waals surface area contributed by atoms with Gasteiger partial charge in [0.2, 0.25) is 0 Å². The van der Waals surface area contributed by atoms with Crippen LogP contribution in [0.1, 0.15) is 25.0 Å². The van der Waals surface area contributed by atoms with Gasteiger partial charge >= 0.3 is 12.2 Å². The summed E-state index contributed by atoms with van der Waals surface area (Å²) in [6.45, 7) is 4.30. The van der Waals surface area contributed by atoms with Gasteiger partial charge in [-0.1, -0.05) is 83.9 Å². The van der Waals surface area contributed by atoms with Crippen LogP contribution >= 0.6 is 23.2 Å². The lowest BCUT2D eigenvalue weighted by atomic mass is 10.2. The lowest BCUT2D eigenvalue weighted by Crippen LogP contribution is -2.28. The van der Waals surface area contributed by atoms with Crippen molar-refractivity contribution in [3.63, 3.8) is 0 Å². The molecule has 4 aromatic heterocycles. The van der Waals surface area contributed by atoms with Crippen molar-refractivity contribution in [2.24, 2.45) is 0 Å². The molecule has 14 heteroatoms. The van der Waals surface area contributed by atoms with E-state index in [1.165, 1.54) is 43.3 Å². The molecular weight excluding hydrogens is 635 g/mol. The van der Waals surface area contributed by atoms with Crippen molar-refractivity contribution in [3.05, 3.63) is 127 Å². The van der Waals surface area contributed by atoms with Gasteiger partial charge in [0.25, 0.3) is 11.1 Å². The number of fused-ring (bicyclic) bond motifs is 2. The maximum atomic E-state index is 12.6. The highest BCUT2D eigenvalue weighted by Gasteiger charge is 2.21. The van der Waals surface area contributed by atoms with E-state index in [9.17, 15) is 19.2 Å². The van der Waals surface area contributed by atoms with Gasteiger partial charge < -0.3 is 9.47 Å². The average molecular weight is 664 g/mol. The van der Waals surface area contributed by atoms with Crippen molar-refractivity contribution in [1.29, 1.82) is 0 Å². The first-order valence-corrected chi connectivity index (χ1v) is 14.9. The fraction of sp³-hybridized carbons (Fsp3) is 0.188. The molecule has 0 aliphatic rings. The van der Waals surface area contributed by atoms with E-state index in [-0.39, 0.29) is 47.7 Å². The van der Waals surface area contributed by atoms with Crippen molar-refractivity contribution in [1.82, 2.24) is 28.7 Å². The van der Waals surface area contributed by atoms with Crippen LogP contribution in [0.25, 0.3) is 21.8 Å². The Hall–Kier alpha value is -5.20. The molecule has 0 saturated heterocycles. The largest absolute Gasteiger partial charge is 0.448 e. The Morgan fingerprint density at radius 1 is 0.652 bits per heavy atom. The van der Waals surface area contributed by atoms with Gasteiger partial charge in [-0.2, -0.15) is 9.36 Å². The minimum atomic E-state index is -0.627. The highest BCUT2D eigenvalue weighted by atomic mass is 35.5.